The molecule has 2 rings (SSSR count). The quantitative estimate of drug-likeness (QED) is 0.733. The number of nitrogens with two attached hydrogens (primary N) is 1. The van der Waals surface area contributed by atoms with E-state index in [1.807, 2.05) is 39.0 Å². The number of nitrogens with zero attached hydrogens (tertiary/aromatic N) is 1. The number of H-pyrrole nitrogens is 1. The minimum Gasteiger partial charge on any atom is -0.350 e. The molecule has 5 heteroatoms. The molecule has 1 heterocycles. The Morgan fingerprint density at radius 2 is 2.22 bits per heavy atom. The summed E-state index contributed by atoms with van der Waals surface area (Å²) < 4.78 is 0. The van der Waals surface area contributed by atoms with E-state index in [0.29, 0.717) is 19.4 Å². The van der Waals surface area contributed by atoms with Crippen LogP contribution in [0.3, 0.4) is 0 Å². The van der Waals surface area contributed by atoms with E-state index in [-0.39, 0.29) is 11.8 Å². The number of rotatable bonds is 7. The largest absolute Gasteiger partial charge is 0.350 e. The lowest BCUT2D eigenvalue weighted by atomic mass is 9.82. The lowest BCUT2D eigenvalue weighted by Crippen LogP contribution is -2.57. The molecule has 0 radical (unpaired) electrons. The van der Waals surface area contributed by atoms with Crippen molar-refractivity contribution in [3.8, 4) is 0 Å². The number of amides is 1. The second-order valence-corrected chi connectivity index (χ2v) is 6.44. The molecule has 0 saturated carbocycles. The molecule has 0 saturated heterocycles. The Hall–Kier alpha value is -2.14. The van der Waals surface area contributed by atoms with Crippen molar-refractivity contribution in [3.63, 3.8) is 0 Å². The molecule has 1 aromatic heterocycles. The Labute approximate surface area is 137 Å². The van der Waals surface area contributed by atoms with Gasteiger partial charge in [-0.2, -0.15) is 0 Å². The van der Waals surface area contributed by atoms with Gasteiger partial charge in [0.1, 0.15) is 0 Å². The van der Waals surface area contributed by atoms with Gasteiger partial charge in [-0.15, -0.1) is 0 Å². The van der Waals surface area contributed by atoms with E-state index in [9.17, 15) is 4.79 Å². The first-order valence-electron chi connectivity index (χ1n) is 8.02. The standard InChI is InChI=1S/C18H26N4O/c1-13(2)18(19,8-7-16-11-20-12-22-16)17(23)21-10-15-6-4-5-14(3)9-15/h4-6,9,11-13H,7-8,10,19H2,1-3H3,(H,20,22)(H,21,23)/t18-/m0/s1. The molecule has 0 bridgehead atoms. The van der Waals surface area contributed by atoms with Crippen LogP contribution >= 0.6 is 0 Å². The predicted molar refractivity (Wildman–Crippen MR) is 91.7 cm³/mol. The lowest BCUT2D eigenvalue weighted by Gasteiger charge is -2.32. The topological polar surface area (TPSA) is 83.8 Å². The number of nitrogens with one attached hydrogen (secondary N) is 2. The summed E-state index contributed by atoms with van der Waals surface area (Å²) in [7, 11) is 0. The van der Waals surface area contributed by atoms with E-state index in [1.54, 1.807) is 12.5 Å². The fourth-order valence-corrected chi connectivity index (χ4v) is 2.60. The number of benzene rings is 1. The van der Waals surface area contributed by atoms with E-state index >= 15 is 0 Å². The minimum absolute atomic E-state index is 0.0444. The molecule has 0 spiro atoms. The smallest absolute Gasteiger partial charge is 0.240 e. The number of aromatic amines is 1. The van der Waals surface area contributed by atoms with Crippen molar-refractivity contribution >= 4 is 5.91 Å². The first-order valence-corrected chi connectivity index (χ1v) is 8.02. The zero-order valence-electron chi connectivity index (χ0n) is 14.1. The molecule has 124 valence electrons. The van der Waals surface area contributed by atoms with Crippen molar-refractivity contribution in [3.05, 3.63) is 53.6 Å². The van der Waals surface area contributed by atoms with E-state index in [1.165, 1.54) is 5.56 Å². The maximum Gasteiger partial charge on any atom is 0.240 e. The van der Waals surface area contributed by atoms with Crippen LogP contribution < -0.4 is 11.1 Å². The molecular weight excluding hydrogens is 288 g/mol. The second-order valence-electron chi connectivity index (χ2n) is 6.44. The first kappa shape index (κ1) is 17.2. The highest BCUT2D eigenvalue weighted by Gasteiger charge is 2.36. The molecule has 0 unspecified atom stereocenters. The van der Waals surface area contributed by atoms with Gasteiger partial charge >= 0.3 is 0 Å². The molecule has 4 N–H and O–H groups in total. The zero-order chi connectivity index (χ0) is 16.9. The fraction of sp³-hybridized carbons (Fsp3) is 0.444. The van der Waals surface area contributed by atoms with Crippen LogP contribution in [-0.2, 0) is 17.8 Å². The van der Waals surface area contributed by atoms with Gasteiger partial charge in [0.05, 0.1) is 11.9 Å². The SMILES string of the molecule is Cc1cccc(CNC(=O)[C@](N)(CCc2cnc[nH]2)C(C)C)c1. The molecule has 0 aliphatic heterocycles. The third-order valence-electron chi connectivity index (χ3n) is 4.35. The number of carbonyl (C=O) groups excluding carboxylic acids is 1. The van der Waals surface area contributed by atoms with Gasteiger partial charge in [-0.1, -0.05) is 43.7 Å². The van der Waals surface area contributed by atoms with E-state index in [4.69, 9.17) is 5.73 Å². The molecule has 2 aromatic rings. The van der Waals surface area contributed by atoms with Crippen LogP contribution in [0.4, 0.5) is 0 Å². The van der Waals surface area contributed by atoms with Crippen LogP contribution in [0.1, 0.15) is 37.1 Å². The molecule has 0 fully saturated rings. The molecule has 0 aliphatic carbocycles. The van der Waals surface area contributed by atoms with Crippen molar-refractivity contribution in [1.29, 1.82) is 0 Å². The third kappa shape index (κ3) is 4.42. The van der Waals surface area contributed by atoms with Gasteiger partial charge in [-0.05, 0) is 31.2 Å². The van der Waals surface area contributed by atoms with Gasteiger partial charge in [0.25, 0.3) is 0 Å². The Kier molecular flexibility index (Phi) is 5.55. The van der Waals surface area contributed by atoms with Crippen LogP contribution in [0.25, 0.3) is 0 Å². The summed E-state index contributed by atoms with van der Waals surface area (Å²) in [4.78, 5) is 19.7. The van der Waals surface area contributed by atoms with Crippen LogP contribution in [0.2, 0.25) is 0 Å². The number of aromatic nitrogens is 2. The fourth-order valence-electron chi connectivity index (χ4n) is 2.60. The molecule has 0 aliphatic rings. The summed E-state index contributed by atoms with van der Waals surface area (Å²) in [5, 5.41) is 2.99. The lowest BCUT2D eigenvalue weighted by molar-refractivity contribution is -0.128. The number of imidazole rings is 1. The van der Waals surface area contributed by atoms with Crippen molar-refractivity contribution in [1.82, 2.24) is 15.3 Å². The highest BCUT2D eigenvalue weighted by Crippen LogP contribution is 2.21. The van der Waals surface area contributed by atoms with Crippen molar-refractivity contribution in [2.45, 2.75) is 45.7 Å². The summed E-state index contributed by atoms with van der Waals surface area (Å²) >= 11 is 0. The summed E-state index contributed by atoms with van der Waals surface area (Å²) in [6.07, 6.45) is 4.69. The van der Waals surface area contributed by atoms with Crippen LogP contribution in [-0.4, -0.2) is 21.4 Å². The van der Waals surface area contributed by atoms with Gasteiger partial charge in [0.2, 0.25) is 5.91 Å². The average molecular weight is 314 g/mol. The van der Waals surface area contributed by atoms with Gasteiger partial charge < -0.3 is 16.0 Å². The van der Waals surface area contributed by atoms with Gasteiger partial charge in [0, 0.05) is 18.4 Å². The Morgan fingerprint density at radius 3 is 2.83 bits per heavy atom. The number of carbonyl (C=O) groups is 1. The summed E-state index contributed by atoms with van der Waals surface area (Å²) in [5.41, 5.74) is 8.81. The molecule has 5 nitrogen and oxygen atoms in total. The van der Waals surface area contributed by atoms with Crippen LogP contribution in [0, 0.1) is 12.8 Å². The highest BCUT2D eigenvalue weighted by molar-refractivity contribution is 5.86. The van der Waals surface area contributed by atoms with Gasteiger partial charge in [-0.3, -0.25) is 4.79 Å². The highest BCUT2D eigenvalue weighted by atomic mass is 16.2. The summed E-state index contributed by atoms with van der Waals surface area (Å²) in [6, 6.07) is 8.11. The average Bonchev–Trinajstić information content (AvgIpc) is 3.03. The predicted octanol–water partition coefficient (Wildman–Crippen LogP) is 2.32. The Morgan fingerprint density at radius 1 is 1.43 bits per heavy atom. The number of hydrogen-bond acceptors (Lipinski definition) is 3. The van der Waals surface area contributed by atoms with Crippen LogP contribution in [0.5, 0.6) is 0 Å². The number of hydrogen-bond donors (Lipinski definition) is 3. The normalized spacial score (nSPS) is 13.8. The van der Waals surface area contributed by atoms with Crippen molar-refractivity contribution in [2.24, 2.45) is 11.7 Å². The molecule has 1 aromatic carbocycles. The maximum absolute atomic E-state index is 12.7. The minimum atomic E-state index is -0.894. The van der Waals surface area contributed by atoms with Crippen molar-refractivity contribution < 1.29 is 4.79 Å². The maximum atomic E-state index is 12.7. The van der Waals surface area contributed by atoms with Crippen LogP contribution in [0.15, 0.2) is 36.8 Å². The third-order valence-corrected chi connectivity index (χ3v) is 4.35. The van der Waals surface area contributed by atoms with Gasteiger partial charge in [0.15, 0.2) is 0 Å². The molecule has 1 atom stereocenters. The molecule has 1 amide bonds. The summed E-state index contributed by atoms with van der Waals surface area (Å²) in [5.74, 6) is -0.0588. The molecule has 23 heavy (non-hydrogen) atoms. The second kappa shape index (κ2) is 7.42. The Balaban J connectivity index is 1.99. The Bertz CT molecular complexity index is 636. The monoisotopic (exact) mass is 314 g/mol. The first-order chi connectivity index (χ1) is 10.9. The number of aryl methyl sites for hydroxylation is 2. The zero-order valence-corrected chi connectivity index (χ0v) is 14.1. The van der Waals surface area contributed by atoms with E-state index in [0.717, 1.165) is 11.3 Å². The van der Waals surface area contributed by atoms with Crippen molar-refractivity contribution in [2.75, 3.05) is 0 Å². The molecular formula is C18H26N4O. The summed E-state index contributed by atoms with van der Waals surface area (Å²) in [6.45, 7) is 6.51. The van der Waals surface area contributed by atoms with E-state index in [2.05, 4.69) is 21.4 Å². The van der Waals surface area contributed by atoms with Gasteiger partial charge in [-0.25, -0.2) is 4.98 Å². The van der Waals surface area contributed by atoms with E-state index < -0.39 is 5.54 Å².